The van der Waals surface area contributed by atoms with Crippen molar-refractivity contribution >= 4 is 27.3 Å². The van der Waals surface area contributed by atoms with Crippen LogP contribution in [0.25, 0.3) is 5.00 Å². The second-order valence-electron chi connectivity index (χ2n) is 7.22. The number of hydrogen-bond acceptors (Lipinski definition) is 5. The molecule has 0 aliphatic heterocycles. The van der Waals surface area contributed by atoms with Gasteiger partial charge >= 0.3 is 12.1 Å². The van der Waals surface area contributed by atoms with E-state index in [0.717, 1.165) is 10.9 Å². The molecule has 0 bridgehead atoms. The maximum Gasteiger partial charge on any atom is 0.419 e. The lowest BCUT2D eigenvalue weighted by molar-refractivity contribution is -0.140. The number of sulfonamides is 1. The van der Waals surface area contributed by atoms with Gasteiger partial charge in [-0.05, 0) is 23.6 Å². The first-order chi connectivity index (χ1) is 14.5. The van der Waals surface area contributed by atoms with Crippen LogP contribution >= 0.6 is 11.3 Å². The van der Waals surface area contributed by atoms with E-state index in [9.17, 15) is 31.5 Å². The van der Waals surface area contributed by atoms with E-state index in [0.29, 0.717) is 23.1 Å². The lowest BCUT2D eigenvalue weighted by Crippen LogP contribution is -2.45. The largest absolute Gasteiger partial charge is 0.480 e. The lowest BCUT2D eigenvalue weighted by atomic mass is 10.1. The second-order valence-corrected chi connectivity index (χ2v) is 10.2. The molecule has 4 rings (SSSR count). The summed E-state index contributed by atoms with van der Waals surface area (Å²) in [7, 11) is -4.26. The van der Waals surface area contributed by atoms with Gasteiger partial charge in [0.25, 0.3) is 10.0 Å². The Kier molecular flexibility index (Phi) is 4.98. The van der Waals surface area contributed by atoms with Crippen molar-refractivity contribution in [3.63, 3.8) is 0 Å². The Bertz CT molecular complexity index is 1240. The van der Waals surface area contributed by atoms with E-state index in [2.05, 4.69) is 9.82 Å². The summed E-state index contributed by atoms with van der Waals surface area (Å²) < 4.78 is 67.3. The summed E-state index contributed by atoms with van der Waals surface area (Å²) in [6.45, 7) is 1.65. The molecule has 12 heteroatoms. The summed E-state index contributed by atoms with van der Waals surface area (Å²) in [6, 6.07) is 11.2. The number of carbonyl (C=O) groups is 1. The number of carboxylic acid groups (broad SMARTS) is 1. The third-order valence-electron chi connectivity index (χ3n) is 5.38. The van der Waals surface area contributed by atoms with Gasteiger partial charge in [-0.1, -0.05) is 37.3 Å². The number of nitrogens with zero attached hydrogens (tertiary/aromatic N) is 2. The number of halogens is 3. The van der Waals surface area contributed by atoms with Crippen molar-refractivity contribution in [1.82, 2.24) is 14.5 Å². The Morgan fingerprint density at radius 1 is 1.23 bits per heavy atom. The van der Waals surface area contributed by atoms with Gasteiger partial charge in [-0.25, -0.2) is 13.1 Å². The zero-order valence-electron chi connectivity index (χ0n) is 15.9. The first-order valence-corrected chi connectivity index (χ1v) is 11.3. The summed E-state index contributed by atoms with van der Waals surface area (Å²) in [5, 5.41) is 13.6. The van der Waals surface area contributed by atoms with E-state index in [-0.39, 0.29) is 9.21 Å². The number of nitrogens with one attached hydrogen (secondary N) is 1. The number of rotatable bonds is 6. The van der Waals surface area contributed by atoms with Crippen LogP contribution < -0.4 is 4.72 Å². The van der Waals surface area contributed by atoms with E-state index < -0.39 is 45.1 Å². The molecule has 1 aromatic carbocycles. The standard InChI is InChI=1S/C19H16F3N3O4S2/c1-11-16(12-5-3-2-4-6-12)18(11,17(26)27)24-31(28,29)15-8-7-14(30-15)25-10-13(9-23-25)19(20,21)22/h2-11,16,24H,1H3,(H,26,27)/t11-,16-,18+/m1/s1. The molecular weight excluding hydrogens is 455 g/mol. The fraction of sp³-hybridized carbons (Fsp3) is 0.263. The van der Waals surface area contributed by atoms with Gasteiger partial charge in [0.2, 0.25) is 0 Å². The average Bonchev–Trinajstić information content (AvgIpc) is 3.13. The minimum absolute atomic E-state index is 0.142. The van der Waals surface area contributed by atoms with Crippen LogP contribution in [0, 0.1) is 5.92 Å². The first kappa shape index (κ1) is 21.5. The molecule has 2 N–H and O–H groups in total. The minimum atomic E-state index is -4.57. The third kappa shape index (κ3) is 3.64. The van der Waals surface area contributed by atoms with Gasteiger partial charge in [0.15, 0.2) is 0 Å². The van der Waals surface area contributed by atoms with Crippen LogP contribution in [0.1, 0.15) is 24.0 Å². The summed E-state index contributed by atoms with van der Waals surface area (Å²) in [4.78, 5) is 12.1. The van der Waals surface area contributed by atoms with E-state index in [1.165, 1.54) is 12.1 Å². The predicted molar refractivity (Wildman–Crippen MR) is 105 cm³/mol. The van der Waals surface area contributed by atoms with Gasteiger partial charge < -0.3 is 5.11 Å². The highest BCUT2D eigenvalue weighted by molar-refractivity contribution is 7.91. The molecule has 7 nitrogen and oxygen atoms in total. The Labute approximate surface area is 179 Å². The molecule has 0 saturated heterocycles. The van der Waals surface area contributed by atoms with Gasteiger partial charge in [0.1, 0.15) is 14.7 Å². The quantitative estimate of drug-likeness (QED) is 0.573. The van der Waals surface area contributed by atoms with E-state index in [4.69, 9.17) is 0 Å². The van der Waals surface area contributed by atoms with Gasteiger partial charge in [-0.2, -0.15) is 23.0 Å². The van der Waals surface area contributed by atoms with Crippen LogP contribution in [-0.4, -0.2) is 34.8 Å². The van der Waals surface area contributed by atoms with Crippen LogP contribution in [0.5, 0.6) is 0 Å². The average molecular weight is 471 g/mol. The molecule has 0 amide bonds. The molecule has 1 fully saturated rings. The number of aliphatic carboxylic acids is 1. The highest BCUT2D eigenvalue weighted by atomic mass is 32.2. The summed E-state index contributed by atoms with van der Waals surface area (Å²) in [5.74, 6) is -2.35. The van der Waals surface area contributed by atoms with Crippen LogP contribution in [-0.2, 0) is 21.0 Å². The summed E-state index contributed by atoms with van der Waals surface area (Å²) >= 11 is 0.685. The van der Waals surface area contributed by atoms with Crippen LogP contribution in [0.4, 0.5) is 13.2 Å². The van der Waals surface area contributed by atoms with E-state index >= 15 is 0 Å². The molecule has 0 spiro atoms. The topological polar surface area (TPSA) is 101 Å². The molecule has 1 saturated carbocycles. The molecule has 1 aliphatic carbocycles. The van der Waals surface area contributed by atoms with Crippen LogP contribution in [0.2, 0.25) is 0 Å². The number of benzene rings is 1. The fourth-order valence-corrected chi connectivity index (χ4v) is 6.43. The highest BCUT2D eigenvalue weighted by Gasteiger charge is 2.70. The Balaban J connectivity index is 1.62. The van der Waals surface area contributed by atoms with Gasteiger partial charge in [-0.15, -0.1) is 11.3 Å². The van der Waals surface area contributed by atoms with Gasteiger partial charge in [0.05, 0.1) is 11.8 Å². The smallest absolute Gasteiger partial charge is 0.419 e. The molecule has 3 atom stereocenters. The normalized spacial score (nSPS) is 23.6. The molecule has 0 unspecified atom stereocenters. The minimum Gasteiger partial charge on any atom is -0.480 e. The molecule has 2 aromatic heterocycles. The van der Waals surface area contributed by atoms with Crippen molar-refractivity contribution < 1.29 is 31.5 Å². The second kappa shape index (κ2) is 7.18. The Hall–Kier alpha value is -2.70. The highest BCUT2D eigenvalue weighted by Crippen LogP contribution is 2.58. The van der Waals surface area contributed by atoms with Crippen molar-refractivity contribution in [2.24, 2.45) is 5.92 Å². The van der Waals surface area contributed by atoms with Crippen LogP contribution in [0.15, 0.2) is 59.1 Å². The number of aromatic nitrogens is 2. The van der Waals surface area contributed by atoms with Crippen molar-refractivity contribution in [3.05, 3.63) is 66.0 Å². The van der Waals surface area contributed by atoms with E-state index in [1.807, 2.05) is 0 Å². The monoisotopic (exact) mass is 471 g/mol. The first-order valence-electron chi connectivity index (χ1n) is 9.01. The maximum absolute atomic E-state index is 13.0. The molecule has 2 heterocycles. The number of carboxylic acids is 1. The van der Waals surface area contributed by atoms with Crippen molar-refractivity contribution in [3.8, 4) is 5.00 Å². The molecule has 1 aliphatic rings. The van der Waals surface area contributed by atoms with Crippen molar-refractivity contribution in [2.75, 3.05) is 0 Å². The zero-order valence-corrected chi connectivity index (χ0v) is 17.5. The van der Waals surface area contributed by atoms with Gasteiger partial charge in [-0.3, -0.25) is 4.79 Å². The number of hydrogen-bond donors (Lipinski definition) is 2. The third-order valence-corrected chi connectivity index (χ3v) is 8.43. The molecular formula is C19H16F3N3O4S2. The molecule has 3 aromatic rings. The SMILES string of the molecule is C[C@@H]1[C@H](c2ccccc2)[C@]1(NS(=O)(=O)c1ccc(-n2cc(C(F)(F)F)cn2)s1)C(=O)O. The van der Waals surface area contributed by atoms with E-state index in [1.54, 1.807) is 37.3 Å². The fourth-order valence-electron chi connectivity index (χ4n) is 3.74. The van der Waals surface area contributed by atoms with Crippen LogP contribution in [0.3, 0.4) is 0 Å². The summed E-state index contributed by atoms with van der Waals surface area (Å²) in [5.41, 5.74) is -1.98. The van der Waals surface area contributed by atoms with Gasteiger partial charge in [0, 0.05) is 12.1 Å². The number of thiophene rings is 1. The molecule has 0 radical (unpaired) electrons. The Morgan fingerprint density at radius 2 is 1.90 bits per heavy atom. The van der Waals surface area contributed by atoms with Crippen molar-refractivity contribution in [2.45, 2.75) is 28.8 Å². The lowest BCUT2D eigenvalue weighted by Gasteiger charge is -2.15. The maximum atomic E-state index is 13.0. The predicted octanol–water partition coefficient (Wildman–Crippen LogP) is 3.49. The molecule has 164 valence electrons. The Morgan fingerprint density at radius 3 is 2.48 bits per heavy atom. The zero-order chi connectivity index (χ0) is 22.6. The summed E-state index contributed by atoms with van der Waals surface area (Å²) in [6.07, 6.45) is -3.18. The molecule has 31 heavy (non-hydrogen) atoms. The van der Waals surface area contributed by atoms with Crippen molar-refractivity contribution in [1.29, 1.82) is 0 Å². The number of alkyl halides is 3.